The minimum atomic E-state index is -1.23. The maximum absolute atomic E-state index is 12.5. The highest BCUT2D eigenvalue weighted by atomic mass is 35.5. The van der Waals surface area contributed by atoms with Crippen LogP contribution in [0.2, 0.25) is 5.02 Å². The standard InChI is InChI=1S/C15H15ClN2O2/c1-3-7-15(8-4-2)13(19)17-11-6-5-10(16)9-12(11)18-14(15)20/h3-6,9H,1-2,7-8H2,(H,17,19)(H,18,20). The Morgan fingerprint density at radius 2 is 1.60 bits per heavy atom. The Hall–Kier alpha value is -2.07. The van der Waals surface area contributed by atoms with Gasteiger partial charge in [0, 0.05) is 5.02 Å². The predicted octanol–water partition coefficient (Wildman–Crippen LogP) is 3.37. The van der Waals surface area contributed by atoms with Crippen LogP contribution in [0.25, 0.3) is 0 Å². The summed E-state index contributed by atoms with van der Waals surface area (Å²) in [6.07, 6.45) is 3.59. The molecule has 0 radical (unpaired) electrons. The van der Waals surface area contributed by atoms with Crippen molar-refractivity contribution < 1.29 is 9.59 Å². The summed E-state index contributed by atoms with van der Waals surface area (Å²) in [7, 11) is 0. The summed E-state index contributed by atoms with van der Waals surface area (Å²) in [5.74, 6) is -0.744. The average molecular weight is 291 g/mol. The van der Waals surface area contributed by atoms with Gasteiger partial charge in [-0.3, -0.25) is 9.59 Å². The van der Waals surface area contributed by atoms with Gasteiger partial charge < -0.3 is 10.6 Å². The summed E-state index contributed by atoms with van der Waals surface area (Å²) in [6, 6.07) is 4.92. The topological polar surface area (TPSA) is 58.2 Å². The smallest absolute Gasteiger partial charge is 0.240 e. The van der Waals surface area contributed by atoms with Crippen molar-refractivity contribution in [3.05, 3.63) is 48.5 Å². The lowest BCUT2D eigenvalue weighted by molar-refractivity contribution is -0.136. The third-order valence-electron chi connectivity index (χ3n) is 3.33. The second kappa shape index (κ2) is 5.51. The number of benzene rings is 1. The number of hydrogen-bond donors (Lipinski definition) is 2. The lowest BCUT2D eigenvalue weighted by atomic mass is 9.79. The molecule has 1 heterocycles. The van der Waals surface area contributed by atoms with E-state index in [-0.39, 0.29) is 24.7 Å². The fourth-order valence-electron chi connectivity index (χ4n) is 2.26. The molecule has 2 N–H and O–H groups in total. The van der Waals surface area contributed by atoms with E-state index in [2.05, 4.69) is 23.8 Å². The minimum absolute atomic E-state index is 0.235. The van der Waals surface area contributed by atoms with Crippen LogP contribution in [0.3, 0.4) is 0 Å². The molecule has 0 aliphatic carbocycles. The lowest BCUT2D eigenvalue weighted by Crippen LogP contribution is -2.43. The number of nitrogens with one attached hydrogen (secondary N) is 2. The molecule has 0 fully saturated rings. The highest BCUT2D eigenvalue weighted by molar-refractivity contribution is 6.31. The first-order valence-electron chi connectivity index (χ1n) is 6.18. The zero-order valence-electron chi connectivity index (χ0n) is 10.9. The van der Waals surface area contributed by atoms with Crippen molar-refractivity contribution in [1.82, 2.24) is 0 Å². The van der Waals surface area contributed by atoms with Crippen LogP contribution in [0, 0.1) is 5.41 Å². The molecule has 0 unspecified atom stereocenters. The molecular formula is C15H15ClN2O2. The lowest BCUT2D eigenvalue weighted by Gasteiger charge is -2.26. The fraction of sp³-hybridized carbons (Fsp3) is 0.200. The van der Waals surface area contributed by atoms with Crippen LogP contribution in [0.4, 0.5) is 11.4 Å². The normalized spacial score (nSPS) is 16.4. The zero-order valence-corrected chi connectivity index (χ0v) is 11.7. The molecule has 0 aromatic heterocycles. The molecule has 1 aliphatic heterocycles. The SMILES string of the molecule is C=CCC1(CC=C)C(=O)Nc2ccc(Cl)cc2NC1=O. The van der Waals surface area contributed by atoms with Crippen LogP contribution < -0.4 is 10.6 Å². The highest BCUT2D eigenvalue weighted by Crippen LogP contribution is 2.37. The van der Waals surface area contributed by atoms with Gasteiger partial charge in [-0.25, -0.2) is 0 Å². The van der Waals surface area contributed by atoms with Crippen molar-refractivity contribution in [1.29, 1.82) is 0 Å². The average Bonchev–Trinajstić information content (AvgIpc) is 2.49. The highest BCUT2D eigenvalue weighted by Gasteiger charge is 2.45. The molecule has 2 rings (SSSR count). The molecule has 0 atom stereocenters. The van der Waals surface area contributed by atoms with Crippen molar-refractivity contribution >= 4 is 34.8 Å². The first kappa shape index (κ1) is 14.3. The van der Waals surface area contributed by atoms with Crippen molar-refractivity contribution in [2.24, 2.45) is 5.41 Å². The van der Waals surface area contributed by atoms with E-state index in [0.29, 0.717) is 16.4 Å². The Bertz CT molecular complexity index is 586. The van der Waals surface area contributed by atoms with Crippen molar-refractivity contribution in [2.75, 3.05) is 10.6 Å². The van der Waals surface area contributed by atoms with Crippen LogP contribution in [0.1, 0.15) is 12.8 Å². The van der Waals surface area contributed by atoms with Crippen LogP contribution in [0.15, 0.2) is 43.5 Å². The first-order chi connectivity index (χ1) is 9.53. The molecule has 0 saturated heterocycles. The molecule has 20 heavy (non-hydrogen) atoms. The van der Waals surface area contributed by atoms with Crippen molar-refractivity contribution in [3.63, 3.8) is 0 Å². The predicted molar refractivity (Wildman–Crippen MR) is 80.8 cm³/mol. The van der Waals surface area contributed by atoms with E-state index in [1.807, 2.05) is 0 Å². The van der Waals surface area contributed by atoms with Gasteiger partial charge in [0.2, 0.25) is 11.8 Å². The summed E-state index contributed by atoms with van der Waals surface area (Å²) in [5.41, 5.74) is -0.205. The number of allylic oxidation sites excluding steroid dienone is 2. The van der Waals surface area contributed by atoms with E-state index < -0.39 is 5.41 Å². The molecule has 1 aromatic rings. The second-order valence-corrected chi connectivity index (χ2v) is 5.10. The summed E-state index contributed by atoms with van der Waals surface area (Å²) in [5, 5.41) is 6.00. The number of carbonyl (C=O) groups is 2. The summed E-state index contributed by atoms with van der Waals surface area (Å²) < 4.78 is 0. The molecule has 5 heteroatoms. The van der Waals surface area contributed by atoms with Gasteiger partial charge in [0.25, 0.3) is 0 Å². The quantitative estimate of drug-likeness (QED) is 0.660. The number of fused-ring (bicyclic) bond motifs is 1. The molecule has 0 bridgehead atoms. The Morgan fingerprint density at radius 3 is 2.15 bits per heavy atom. The number of anilines is 2. The number of carbonyl (C=O) groups excluding carboxylic acids is 2. The summed E-state index contributed by atoms with van der Waals surface area (Å²) in [4.78, 5) is 25.0. The van der Waals surface area contributed by atoms with E-state index in [0.717, 1.165) is 0 Å². The first-order valence-corrected chi connectivity index (χ1v) is 6.55. The van der Waals surface area contributed by atoms with Gasteiger partial charge in [0.15, 0.2) is 0 Å². The molecule has 2 amide bonds. The van der Waals surface area contributed by atoms with Crippen LogP contribution in [-0.2, 0) is 9.59 Å². The largest absolute Gasteiger partial charge is 0.323 e. The van der Waals surface area contributed by atoms with E-state index in [1.165, 1.54) is 0 Å². The molecule has 0 saturated carbocycles. The second-order valence-electron chi connectivity index (χ2n) is 4.67. The Morgan fingerprint density at radius 1 is 1.05 bits per heavy atom. The Labute approximate surface area is 122 Å². The van der Waals surface area contributed by atoms with Gasteiger partial charge in [0.05, 0.1) is 11.4 Å². The Balaban J connectivity index is 2.50. The van der Waals surface area contributed by atoms with Crippen LogP contribution >= 0.6 is 11.6 Å². The monoisotopic (exact) mass is 290 g/mol. The van der Waals surface area contributed by atoms with Gasteiger partial charge in [-0.15, -0.1) is 13.2 Å². The number of hydrogen-bond acceptors (Lipinski definition) is 2. The molecule has 1 aromatic carbocycles. The minimum Gasteiger partial charge on any atom is -0.323 e. The molecule has 0 spiro atoms. The molecular weight excluding hydrogens is 276 g/mol. The van der Waals surface area contributed by atoms with Gasteiger partial charge in [-0.1, -0.05) is 23.8 Å². The van der Waals surface area contributed by atoms with E-state index in [4.69, 9.17) is 11.6 Å². The van der Waals surface area contributed by atoms with Gasteiger partial charge in [0.1, 0.15) is 5.41 Å². The number of rotatable bonds is 4. The van der Waals surface area contributed by atoms with E-state index in [1.54, 1.807) is 30.4 Å². The maximum atomic E-state index is 12.5. The Kier molecular flexibility index (Phi) is 3.95. The maximum Gasteiger partial charge on any atom is 0.240 e. The van der Waals surface area contributed by atoms with Crippen molar-refractivity contribution in [3.8, 4) is 0 Å². The fourth-order valence-corrected chi connectivity index (χ4v) is 2.43. The number of amides is 2. The molecule has 104 valence electrons. The van der Waals surface area contributed by atoms with Crippen LogP contribution in [0.5, 0.6) is 0 Å². The summed E-state index contributed by atoms with van der Waals surface area (Å²) >= 11 is 5.91. The van der Waals surface area contributed by atoms with E-state index in [9.17, 15) is 9.59 Å². The number of halogens is 1. The third-order valence-corrected chi connectivity index (χ3v) is 3.57. The third kappa shape index (κ3) is 2.34. The van der Waals surface area contributed by atoms with Crippen LogP contribution in [-0.4, -0.2) is 11.8 Å². The van der Waals surface area contributed by atoms with E-state index >= 15 is 0 Å². The summed E-state index contributed by atoms with van der Waals surface area (Å²) in [6.45, 7) is 7.26. The molecule has 1 aliphatic rings. The zero-order chi connectivity index (χ0) is 14.8. The molecule has 4 nitrogen and oxygen atoms in total. The van der Waals surface area contributed by atoms with Gasteiger partial charge in [-0.2, -0.15) is 0 Å². The van der Waals surface area contributed by atoms with Crippen molar-refractivity contribution in [2.45, 2.75) is 12.8 Å². The van der Waals surface area contributed by atoms with Gasteiger partial charge in [-0.05, 0) is 31.0 Å². The van der Waals surface area contributed by atoms with Gasteiger partial charge >= 0.3 is 0 Å².